The van der Waals surface area contributed by atoms with Crippen molar-refractivity contribution in [1.29, 1.82) is 0 Å². The van der Waals surface area contributed by atoms with Gasteiger partial charge in [0.2, 0.25) is 5.91 Å². The maximum atomic E-state index is 13.4. The van der Waals surface area contributed by atoms with Crippen LogP contribution in [0.5, 0.6) is 0 Å². The number of hydrogen-bond donors (Lipinski definition) is 3. The number of likely N-dealkylation sites (tertiary alicyclic amines) is 1. The minimum atomic E-state index is -0.875. The van der Waals surface area contributed by atoms with Crippen LogP contribution in [-0.2, 0) is 22.6 Å². The summed E-state index contributed by atoms with van der Waals surface area (Å²) >= 11 is 0. The van der Waals surface area contributed by atoms with E-state index in [1.54, 1.807) is 0 Å². The maximum absolute atomic E-state index is 13.4. The van der Waals surface area contributed by atoms with E-state index in [1.807, 2.05) is 81.4 Å². The number of benzene rings is 2. The molecule has 0 aromatic heterocycles. The largest absolute Gasteiger partial charge is 0.445 e. The first-order chi connectivity index (χ1) is 18.7. The molecule has 1 unspecified atom stereocenters. The highest BCUT2D eigenvalue weighted by Crippen LogP contribution is 2.39. The number of fused-ring (bicyclic) bond motifs is 1. The van der Waals surface area contributed by atoms with Crippen LogP contribution in [0.2, 0.25) is 0 Å². The van der Waals surface area contributed by atoms with Gasteiger partial charge in [-0.3, -0.25) is 9.69 Å². The van der Waals surface area contributed by atoms with Crippen molar-refractivity contribution in [3.05, 3.63) is 71.8 Å². The number of carbonyl (C=O) groups excluding carboxylic acids is 2. The molecule has 2 fully saturated rings. The molecular weight excluding hydrogens is 490 g/mol. The molecule has 3 N–H and O–H groups in total. The fourth-order valence-electron chi connectivity index (χ4n) is 6.06. The molecule has 0 spiro atoms. The Morgan fingerprint density at radius 3 is 2.23 bits per heavy atom. The molecule has 1 saturated heterocycles. The minimum Gasteiger partial charge on any atom is -0.445 e. The quantitative estimate of drug-likeness (QED) is 0.434. The number of carbonyl (C=O) groups is 2. The number of aliphatic hydroxyl groups is 1. The zero-order chi connectivity index (χ0) is 27.8. The molecule has 2 aromatic rings. The Morgan fingerprint density at radius 1 is 0.974 bits per heavy atom. The maximum Gasteiger partial charge on any atom is 0.407 e. The van der Waals surface area contributed by atoms with Crippen LogP contribution < -0.4 is 10.6 Å². The lowest BCUT2D eigenvalue weighted by Crippen LogP contribution is -2.60. The predicted molar refractivity (Wildman–Crippen MR) is 153 cm³/mol. The normalized spacial score (nSPS) is 23.2. The number of aliphatic hydroxyl groups excluding tert-OH is 1. The van der Waals surface area contributed by atoms with Gasteiger partial charge in [0.25, 0.3) is 0 Å². The van der Waals surface area contributed by atoms with Crippen molar-refractivity contribution in [2.45, 2.75) is 89.6 Å². The molecule has 0 bridgehead atoms. The highest BCUT2D eigenvalue weighted by atomic mass is 16.5. The van der Waals surface area contributed by atoms with E-state index in [0.717, 1.165) is 24.1 Å². The predicted octanol–water partition coefficient (Wildman–Crippen LogP) is 4.68. The molecule has 4 rings (SSSR count). The third kappa shape index (κ3) is 8.80. The van der Waals surface area contributed by atoms with Gasteiger partial charge in [-0.1, -0.05) is 79.9 Å². The Morgan fingerprint density at radius 2 is 1.59 bits per heavy atom. The molecule has 7 nitrogen and oxygen atoms in total. The third-order valence-corrected chi connectivity index (χ3v) is 8.00. The summed E-state index contributed by atoms with van der Waals surface area (Å²) in [5.74, 6) is 1.11. The second kappa shape index (κ2) is 13.4. The Kier molecular flexibility index (Phi) is 10.0. The number of piperidine rings is 1. The molecule has 7 heteroatoms. The van der Waals surface area contributed by atoms with E-state index in [4.69, 9.17) is 4.74 Å². The summed E-state index contributed by atoms with van der Waals surface area (Å²) in [5.41, 5.74) is 1.58. The number of alkyl carbamates (subject to hydrolysis) is 1. The SMILES string of the molecule is CC(C)(C)NC(=O)C1C[C@@H]2CCCC[C@@H]2CN1C[C@@H](O)[C@H](Cc1ccccc1)NC(=O)OCc1ccccc1. The fraction of sp³-hybridized carbons (Fsp3) is 0.562. The summed E-state index contributed by atoms with van der Waals surface area (Å²) in [4.78, 5) is 28.4. The van der Waals surface area contributed by atoms with Gasteiger partial charge in [-0.05, 0) is 63.0 Å². The number of nitrogens with one attached hydrogen (secondary N) is 2. The van der Waals surface area contributed by atoms with Gasteiger partial charge in [0.05, 0.1) is 18.2 Å². The molecule has 1 aliphatic heterocycles. The molecule has 2 aromatic carbocycles. The Balaban J connectivity index is 1.47. The lowest BCUT2D eigenvalue weighted by molar-refractivity contribution is -0.132. The average molecular weight is 536 g/mol. The Bertz CT molecular complexity index is 1060. The van der Waals surface area contributed by atoms with Crippen molar-refractivity contribution in [3.63, 3.8) is 0 Å². The molecule has 1 heterocycles. The molecule has 5 atom stereocenters. The molecule has 0 radical (unpaired) electrons. The van der Waals surface area contributed by atoms with E-state index in [-0.39, 0.29) is 24.1 Å². The minimum absolute atomic E-state index is 0.0218. The number of β-amino-alcohol motifs (C(OH)–C–C–N with tert-alkyl or cyclic N) is 1. The molecule has 2 amide bonds. The number of hydrogen-bond acceptors (Lipinski definition) is 5. The summed E-state index contributed by atoms with van der Waals surface area (Å²) in [6.07, 6.45) is 4.63. The van der Waals surface area contributed by atoms with Crippen molar-refractivity contribution < 1.29 is 19.4 Å². The Labute approximate surface area is 233 Å². The highest BCUT2D eigenvalue weighted by Gasteiger charge is 2.41. The molecule has 39 heavy (non-hydrogen) atoms. The summed E-state index contributed by atoms with van der Waals surface area (Å²) in [6.45, 7) is 7.25. The van der Waals surface area contributed by atoms with Gasteiger partial charge >= 0.3 is 6.09 Å². The van der Waals surface area contributed by atoms with Gasteiger partial charge in [0.15, 0.2) is 0 Å². The van der Waals surface area contributed by atoms with Crippen LogP contribution in [0, 0.1) is 11.8 Å². The lowest BCUT2D eigenvalue weighted by Gasteiger charge is -2.47. The second-order valence-electron chi connectivity index (χ2n) is 12.3. The molecular formula is C32H45N3O4. The number of ether oxygens (including phenoxy) is 1. The highest BCUT2D eigenvalue weighted by molar-refractivity contribution is 5.82. The first-order valence-electron chi connectivity index (χ1n) is 14.4. The fourth-order valence-corrected chi connectivity index (χ4v) is 6.06. The van der Waals surface area contributed by atoms with E-state index in [2.05, 4.69) is 15.5 Å². The second-order valence-corrected chi connectivity index (χ2v) is 12.3. The lowest BCUT2D eigenvalue weighted by atomic mass is 9.72. The van der Waals surface area contributed by atoms with Crippen LogP contribution in [0.4, 0.5) is 4.79 Å². The van der Waals surface area contributed by atoms with Gasteiger partial charge in [-0.25, -0.2) is 4.79 Å². The van der Waals surface area contributed by atoms with Crippen LogP contribution in [-0.4, -0.2) is 58.8 Å². The van der Waals surface area contributed by atoms with Gasteiger partial charge in [0, 0.05) is 18.6 Å². The monoisotopic (exact) mass is 535 g/mol. The van der Waals surface area contributed by atoms with Gasteiger partial charge in [-0.2, -0.15) is 0 Å². The van der Waals surface area contributed by atoms with E-state index in [1.165, 1.54) is 25.7 Å². The van der Waals surface area contributed by atoms with Crippen LogP contribution >= 0.6 is 0 Å². The van der Waals surface area contributed by atoms with Gasteiger partial charge < -0.3 is 20.5 Å². The van der Waals surface area contributed by atoms with E-state index < -0.39 is 18.2 Å². The smallest absolute Gasteiger partial charge is 0.407 e. The summed E-state index contributed by atoms with van der Waals surface area (Å²) < 4.78 is 5.48. The zero-order valence-electron chi connectivity index (χ0n) is 23.6. The average Bonchev–Trinajstić information content (AvgIpc) is 2.91. The van der Waals surface area contributed by atoms with Crippen LogP contribution in [0.1, 0.15) is 64.0 Å². The number of nitrogens with zero attached hydrogens (tertiary/aromatic N) is 1. The summed E-state index contributed by atoms with van der Waals surface area (Å²) in [6, 6.07) is 18.5. The van der Waals surface area contributed by atoms with E-state index >= 15 is 0 Å². The van der Waals surface area contributed by atoms with Crippen LogP contribution in [0.3, 0.4) is 0 Å². The standard InChI is InChI=1S/C32H45N3O4/c1-32(2,3)34-30(37)28-19-25-16-10-11-17-26(25)20-35(28)21-29(36)27(18-23-12-6-4-7-13-23)33-31(38)39-22-24-14-8-5-9-15-24/h4-9,12-15,25-29,36H,10-11,16-22H2,1-3H3,(H,33,38)(H,34,37)/t25-,26+,27-,28?,29+/m0/s1. The van der Waals surface area contributed by atoms with E-state index in [0.29, 0.717) is 24.8 Å². The molecule has 212 valence electrons. The third-order valence-electron chi connectivity index (χ3n) is 8.00. The zero-order valence-corrected chi connectivity index (χ0v) is 23.6. The summed E-state index contributed by atoms with van der Waals surface area (Å²) in [7, 11) is 0. The molecule has 1 saturated carbocycles. The van der Waals surface area contributed by atoms with Gasteiger partial charge in [-0.15, -0.1) is 0 Å². The van der Waals surface area contributed by atoms with Crippen molar-refractivity contribution in [2.75, 3.05) is 13.1 Å². The van der Waals surface area contributed by atoms with Crippen molar-refractivity contribution in [1.82, 2.24) is 15.5 Å². The van der Waals surface area contributed by atoms with Gasteiger partial charge in [0.1, 0.15) is 6.61 Å². The van der Waals surface area contributed by atoms with Crippen molar-refractivity contribution >= 4 is 12.0 Å². The number of rotatable bonds is 9. The first kappa shape index (κ1) is 29.1. The van der Waals surface area contributed by atoms with Crippen molar-refractivity contribution in [3.8, 4) is 0 Å². The summed E-state index contributed by atoms with van der Waals surface area (Å²) in [5, 5.41) is 17.6. The molecule has 2 aliphatic rings. The van der Waals surface area contributed by atoms with Crippen molar-refractivity contribution in [2.24, 2.45) is 11.8 Å². The topological polar surface area (TPSA) is 90.9 Å². The number of amides is 2. The first-order valence-corrected chi connectivity index (χ1v) is 14.4. The Hall–Kier alpha value is -2.90. The molecule has 1 aliphatic carbocycles. The van der Waals surface area contributed by atoms with Crippen LogP contribution in [0.25, 0.3) is 0 Å². The van der Waals surface area contributed by atoms with E-state index in [9.17, 15) is 14.7 Å². The van der Waals surface area contributed by atoms with Crippen LogP contribution in [0.15, 0.2) is 60.7 Å².